The molecule has 1 amide bonds. The molecule has 186 valence electrons. The summed E-state index contributed by atoms with van der Waals surface area (Å²) in [6.45, 7) is 2.75. The predicted octanol–water partition coefficient (Wildman–Crippen LogP) is 4.56. The van der Waals surface area contributed by atoms with Crippen molar-refractivity contribution in [1.29, 1.82) is 0 Å². The highest BCUT2D eigenvalue weighted by atomic mass is 35.5. The second kappa shape index (κ2) is 9.94. The second-order valence-electron chi connectivity index (χ2n) is 9.41. The SMILES string of the molecule is C[C@H]1C[C@@H](Nc2ncc3nc(Nc4cc(Cl)ccc4F)n(C4CCC(C(N)=O)CC4)c3n2)CCO1. The van der Waals surface area contributed by atoms with Gasteiger partial charge in [-0.3, -0.25) is 9.36 Å². The van der Waals surface area contributed by atoms with Gasteiger partial charge in [-0.25, -0.2) is 14.4 Å². The quantitative estimate of drug-likeness (QED) is 0.453. The molecule has 0 bridgehead atoms. The summed E-state index contributed by atoms with van der Waals surface area (Å²) in [6, 6.07) is 4.57. The Morgan fingerprint density at radius 2 is 2.03 bits per heavy atom. The lowest BCUT2D eigenvalue weighted by atomic mass is 9.85. The van der Waals surface area contributed by atoms with Crippen molar-refractivity contribution in [3.8, 4) is 0 Å². The molecule has 1 aliphatic carbocycles. The van der Waals surface area contributed by atoms with Crippen LogP contribution in [0.15, 0.2) is 24.4 Å². The van der Waals surface area contributed by atoms with Gasteiger partial charge in [0.05, 0.1) is 18.0 Å². The minimum Gasteiger partial charge on any atom is -0.378 e. The first kappa shape index (κ1) is 23.7. The minimum atomic E-state index is -0.437. The van der Waals surface area contributed by atoms with Gasteiger partial charge in [0.15, 0.2) is 5.65 Å². The van der Waals surface area contributed by atoms with E-state index < -0.39 is 5.82 Å². The zero-order chi connectivity index (χ0) is 24.5. The standard InChI is InChI=1S/C24H29ClFN7O2/c1-13-10-16(8-9-35-13)29-23-28-12-20-22(32-23)33(17-5-2-14(3-6-17)21(27)34)24(31-20)30-19-11-15(25)4-7-18(19)26/h4,7,11-14,16-17H,2-3,5-6,8-10H2,1H3,(H2,27,34)(H,30,31)(H,28,29,32)/t13-,14?,16-,17?/m0/s1. The predicted molar refractivity (Wildman–Crippen MR) is 132 cm³/mol. The van der Waals surface area contributed by atoms with Gasteiger partial charge < -0.3 is 21.1 Å². The molecule has 4 N–H and O–H groups in total. The fourth-order valence-corrected chi connectivity index (χ4v) is 5.21. The maximum atomic E-state index is 14.5. The summed E-state index contributed by atoms with van der Waals surface area (Å²) in [5.41, 5.74) is 7.01. The van der Waals surface area contributed by atoms with Crippen molar-refractivity contribution in [1.82, 2.24) is 19.5 Å². The van der Waals surface area contributed by atoms with Gasteiger partial charge in [-0.15, -0.1) is 0 Å². The molecule has 0 unspecified atom stereocenters. The molecule has 1 aromatic carbocycles. The van der Waals surface area contributed by atoms with E-state index in [0.717, 1.165) is 25.7 Å². The van der Waals surface area contributed by atoms with Crippen LogP contribution < -0.4 is 16.4 Å². The number of fused-ring (bicyclic) bond motifs is 1. The smallest absolute Gasteiger partial charge is 0.224 e. The molecule has 3 heterocycles. The summed E-state index contributed by atoms with van der Waals surface area (Å²) in [5, 5.41) is 6.95. The van der Waals surface area contributed by atoms with E-state index in [1.807, 2.05) is 4.57 Å². The molecule has 2 fully saturated rings. The Hall–Kier alpha value is -2.98. The van der Waals surface area contributed by atoms with Gasteiger partial charge in [-0.1, -0.05) is 11.6 Å². The van der Waals surface area contributed by atoms with E-state index in [1.165, 1.54) is 18.2 Å². The number of rotatable bonds is 6. The number of hydrogen-bond acceptors (Lipinski definition) is 7. The monoisotopic (exact) mass is 501 g/mol. The lowest BCUT2D eigenvalue weighted by molar-refractivity contribution is -0.122. The molecule has 1 saturated carbocycles. The number of carbonyl (C=O) groups excluding carboxylic acids is 1. The van der Waals surface area contributed by atoms with Gasteiger partial charge in [-0.05, 0) is 63.6 Å². The van der Waals surface area contributed by atoms with E-state index in [2.05, 4.69) is 27.5 Å². The van der Waals surface area contributed by atoms with E-state index in [9.17, 15) is 9.18 Å². The Morgan fingerprint density at radius 3 is 2.77 bits per heavy atom. The van der Waals surface area contributed by atoms with Crippen LogP contribution in [0.2, 0.25) is 5.02 Å². The fourth-order valence-electron chi connectivity index (χ4n) is 5.04. The van der Waals surface area contributed by atoms with Crippen molar-refractivity contribution in [2.75, 3.05) is 17.2 Å². The van der Waals surface area contributed by atoms with Crippen LogP contribution in [-0.4, -0.2) is 44.2 Å². The number of hydrogen-bond donors (Lipinski definition) is 3. The normalized spacial score (nSPS) is 24.9. The van der Waals surface area contributed by atoms with Crippen molar-refractivity contribution in [2.24, 2.45) is 11.7 Å². The summed E-state index contributed by atoms with van der Waals surface area (Å²) in [6.07, 6.45) is 6.44. The minimum absolute atomic E-state index is 0.0196. The van der Waals surface area contributed by atoms with Crippen molar-refractivity contribution in [2.45, 2.75) is 63.6 Å². The first-order valence-corrected chi connectivity index (χ1v) is 12.4. The highest BCUT2D eigenvalue weighted by Crippen LogP contribution is 2.37. The Labute approximate surface area is 207 Å². The highest BCUT2D eigenvalue weighted by Gasteiger charge is 2.29. The molecule has 0 spiro atoms. The zero-order valence-electron chi connectivity index (χ0n) is 19.5. The number of carbonyl (C=O) groups is 1. The molecule has 9 nitrogen and oxygen atoms in total. The average molecular weight is 502 g/mol. The van der Waals surface area contributed by atoms with Gasteiger partial charge in [-0.2, -0.15) is 4.98 Å². The van der Waals surface area contributed by atoms with E-state index in [4.69, 9.17) is 27.1 Å². The number of nitrogens with zero attached hydrogens (tertiary/aromatic N) is 4. The Bertz CT molecular complexity index is 1230. The topological polar surface area (TPSA) is 120 Å². The van der Waals surface area contributed by atoms with Gasteiger partial charge in [0.2, 0.25) is 17.8 Å². The third-order valence-electron chi connectivity index (χ3n) is 6.89. The highest BCUT2D eigenvalue weighted by molar-refractivity contribution is 6.30. The van der Waals surface area contributed by atoms with Crippen LogP contribution >= 0.6 is 11.6 Å². The molecule has 0 radical (unpaired) electrons. The fraction of sp³-hybridized carbons (Fsp3) is 0.500. The third-order valence-corrected chi connectivity index (χ3v) is 7.13. The van der Waals surface area contributed by atoms with E-state index in [0.29, 0.717) is 47.5 Å². The van der Waals surface area contributed by atoms with E-state index in [1.54, 1.807) is 6.20 Å². The number of halogens is 2. The first-order valence-electron chi connectivity index (χ1n) is 12.0. The maximum absolute atomic E-state index is 14.5. The van der Waals surface area contributed by atoms with Gasteiger partial charge in [0.25, 0.3) is 0 Å². The number of primary amides is 1. The number of anilines is 3. The Morgan fingerprint density at radius 1 is 1.23 bits per heavy atom. The van der Waals surface area contributed by atoms with Crippen molar-refractivity contribution in [3.63, 3.8) is 0 Å². The molecule has 2 aliphatic rings. The van der Waals surface area contributed by atoms with Crippen LogP contribution in [0, 0.1) is 11.7 Å². The molecule has 11 heteroatoms. The van der Waals surface area contributed by atoms with Crippen molar-refractivity contribution in [3.05, 3.63) is 35.2 Å². The van der Waals surface area contributed by atoms with Crippen molar-refractivity contribution >= 4 is 46.3 Å². The van der Waals surface area contributed by atoms with Crippen LogP contribution in [0.3, 0.4) is 0 Å². The number of benzene rings is 1. The molecular formula is C24H29ClFN7O2. The number of nitrogens with two attached hydrogens (primary N) is 1. The Kier molecular flexibility index (Phi) is 6.75. The first-order chi connectivity index (χ1) is 16.9. The largest absolute Gasteiger partial charge is 0.378 e. The van der Waals surface area contributed by atoms with Crippen LogP contribution in [-0.2, 0) is 9.53 Å². The molecule has 2 aromatic heterocycles. The molecule has 1 aliphatic heterocycles. The third kappa shape index (κ3) is 5.18. The van der Waals surface area contributed by atoms with Crippen molar-refractivity contribution < 1.29 is 13.9 Å². The zero-order valence-corrected chi connectivity index (χ0v) is 20.3. The van der Waals surface area contributed by atoms with Crippen LogP contribution in [0.1, 0.15) is 51.5 Å². The summed E-state index contributed by atoms with van der Waals surface area (Å²) in [7, 11) is 0. The van der Waals surface area contributed by atoms with Crippen LogP contribution in [0.4, 0.5) is 22.0 Å². The van der Waals surface area contributed by atoms with Crippen LogP contribution in [0.5, 0.6) is 0 Å². The molecule has 1 saturated heterocycles. The summed E-state index contributed by atoms with van der Waals surface area (Å²) < 4.78 is 22.2. The lowest BCUT2D eigenvalue weighted by Gasteiger charge is -2.29. The van der Waals surface area contributed by atoms with Gasteiger partial charge >= 0.3 is 0 Å². The number of aromatic nitrogens is 4. The number of ether oxygens (including phenoxy) is 1. The molecule has 2 atom stereocenters. The lowest BCUT2D eigenvalue weighted by Crippen LogP contribution is -2.33. The second-order valence-corrected chi connectivity index (χ2v) is 9.85. The Balaban J connectivity index is 1.50. The number of imidazole rings is 1. The van der Waals surface area contributed by atoms with E-state index >= 15 is 0 Å². The summed E-state index contributed by atoms with van der Waals surface area (Å²) >= 11 is 6.10. The van der Waals surface area contributed by atoms with Gasteiger partial charge in [0, 0.05) is 29.6 Å². The molecule has 5 rings (SSSR count). The average Bonchev–Trinajstić information content (AvgIpc) is 3.18. The maximum Gasteiger partial charge on any atom is 0.224 e. The molecule has 35 heavy (non-hydrogen) atoms. The summed E-state index contributed by atoms with van der Waals surface area (Å²) in [4.78, 5) is 25.7. The number of nitrogens with one attached hydrogen (secondary N) is 2. The molecule has 3 aromatic rings. The van der Waals surface area contributed by atoms with Gasteiger partial charge in [0.1, 0.15) is 11.3 Å². The van der Waals surface area contributed by atoms with E-state index in [-0.39, 0.29) is 35.7 Å². The molecular weight excluding hydrogens is 473 g/mol. The number of amides is 1. The van der Waals surface area contributed by atoms with Crippen LogP contribution in [0.25, 0.3) is 11.2 Å². The summed E-state index contributed by atoms with van der Waals surface area (Å²) in [5.74, 6) is 0.134.